The van der Waals surface area contributed by atoms with Crippen LogP contribution >= 0.6 is 0 Å². The summed E-state index contributed by atoms with van der Waals surface area (Å²) in [5.74, 6) is 4.29. The van der Waals surface area contributed by atoms with Crippen molar-refractivity contribution in [3.8, 4) is 74.4 Å². The average Bonchev–Trinajstić information content (AvgIpc) is 1.53. The summed E-state index contributed by atoms with van der Waals surface area (Å²) in [4.78, 5) is 28.3. The summed E-state index contributed by atoms with van der Waals surface area (Å²) < 4.78 is 36.8. The van der Waals surface area contributed by atoms with Gasteiger partial charge in [-0.15, -0.1) is 66.2 Å². The third-order valence-electron chi connectivity index (χ3n) is 19.5. The first-order valence-corrected chi connectivity index (χ1v) is 36.6. The fraction of sp³-hybridized carbons (Fsp3) is 0.300. The molecule has 19 nitrogen and oxygen atoms in total. The van der Waals surface area contributed by atoms with E-state index in [9.17, 15) is 0 Å². The monoisotopic (exact) mass is 2030 g/mol. The van der Waals surface area contributed by atoms with Gasteiger partial charge in [0, 0.05) is 121 Å². The van der Waals surface area contributed by atoms with Crippen LogP contribution in [-0.2, 0) is 84.9 Å². The van der Waals surface area contributed by atoms with E-state index in [2.05, 4.69) is 180 Å². The molecule has 12 heterocycles. The Kier molecular flexibility index (Phi) is 25.2. The number of hydrogen-bond acceptors (Lipinski definition) is 13. The van der Waals surface area contributed by atoms with Gasteiger partial charge >= 0.3 is 63.2 Å². The van der Waals surface area contributed by atoms with E-state index in [1.54, 1.807) is 6.20 Å². The average molecular weight is 2030 g/mol. The van der Waals surface area contributed by atoms with Gasteiger partial charge in [0.2, 0.25) is 5.88 Å². The van der Waals surface area contributed by atoms with Crippen molar-refractivity contribution in [2.24, 2.45) is 0 Å². The number of rotatable bonds is 14. The van der Waals surface area contributed by atoms with Crippen LogP contribution in [0.4, 0.5) is 0 Å². The Hall–Kier alpha value is -9.93. The minimum Gasteiger partial charge on any atom is -0.508 e. The van der Waals surface area contributed by atoms with Gasteiger partial charge in [-0.25, -0.2) is 4.98 Å². The number of nitrogens with zero attached hydrogens (tertiary/aromatic N) is 15. The number of pyridine rings is 6. The van der Waals surface area contributed by atoms with Crippen molar-refractivity contribution in [3.63, 3.8) is 0 Å². The van der Waals surface area contributed by atoms with E-state index in [0.29, 0.717) is 51.8 Å². The second kappa shape index (κ2) is 33.4. The smallest absolute Gasteiger partial charge is 0.508 e. The van der Waals surface area contributed by atoms with Crippen LogP contribution in [0.2, 0.25) is 0 Å². The number of ether oxygens (including phenoxy) is 4. The molecule has 0 N–H and O–H groups in total. The molecule has 0 bridgehead atoms. The molecule has 12 aromatic heterocycles. The van der Waals surface area contributed by atoms with Crippen LogP contribution < -0.4 is 18.9 Å². The summed E-state index contributed by atoms with van der Waals surface area (Å²) in [5.41, 5.74) is 23.3. The van der Waals surface area contributed by atoms with E-state index in [-0.39, 0.29) is 79.4 Å². The molecule has 582 valence electrons. The molecule has 0 amide bonds. The molecule has 0 aliphatic rings. The molecular formula is C90H93N15O4Pt3. The van der Waals surface area contributed by atoms with Crippen molar-refractivity contribution >= 4 is 16.9 Å². The van der Waals surface area contributed by atoms with Crippen molar-refractivity contribution in [2.45, 2.75) is 181 Å². The summed E-state index contributed by atoms with van der Waals surface area (Å²) in [6.07, 6.45) is 11.2. The van der Waals surface area contributed by atoms with Crippen LogP contribution in [-0.4, -0.2) is 72.4 Å². The van der Waals surface area contributed by atoms with Crippen molar-refractivity contribution in [1.29, 1.82) is 0 Å². The second-order valence-electron chi connectivity index (χ2n) is 31.6. The molecule has 0 saturated heterocycles. The molecular weight excluding hydrogens is 1940 g/mol. The fourth-order valence-corrected chi connectivity index (χ4v) is 13.0. The number of imidazole rings is 3. The molecule has 0 aliphatic carbocycles. The van der Waals surface area contributed by atoms with E-state index in [1.165, 1.54) is 11.1 Å². The van der Waals surface area contributed by atoms with Gasteiger partial charge in [-0.05, 0) is 187 Å². The zero-order valence-corrected chi connectivity index (χ0v) is 74.5. The Balaban J connectivity index is 0.000000176. The molecule has 15 aromatic rings. The topological polar surface area (TPSA) is 181 Å². The first-order valence-electron chi connectivity index (χ1n) is 36.6. The molecule has 112 heavy (non-hydrogen) atoms. The van der Waals surface area contributed by atoms with E-state index < -0.39 is 5.41 Å². The Labute approximate surface area is 700 Å². The molecule has 3 aromatic carbocycles. The van der Waals surface area contributed by atoms with Gasteiger partial charge in [-0.3, -0.25) is 34.0 Å². The van der Waals surface area contributed by atoms with Gasteiger partial charge in [0.05, 0.1) is 39.9 Å². The molecule has 0 fully saturated rings. The zero-order valence-electron chi connectivity index (χ0n) is 67.6. The van der Waals surface area contributed by atoms with E-state index in [1.807, 2.05) is 208 Å². The maximum atomic E-state index is 6.39. The van der Waals surface area contributed by atoms with Crippen LogP contribution in [0, 0.1) is 119 Å². The quantitative estimate of drug-likeness (QED) is 0.0939. The van der Waals surface area contributed by atoms with Gasteiger partial charge < -0.3 is 37.1 Å². The Morgan fingerprint density at radius 2 is 0.723 bits per heavy atom. The minimum atomic E-state index is -0.471. The van der Waals surface area contributed by atoms with Crippen molar-refractivity contribution in [1.82, 2.24) is 72.4 Å². The third-order valence-corrected chi connectivity index (χ3v) is 19.5. The van der Waals surface area contributed by atoms with E-state index in [4.69, 9.17) is 38.9 Å². The van der Waals surface area contributed by atoms with Gasteiger partial charge in [0.15, 0.2) is 0 Å². The number of aromatic nitrogens is 15. The summed E-state index contributed by atoms with van der Waals surface area (Å²) in [6, 6.07) is 56.1. The summed E-state index contributed by atoms with van der Waals surface area (Å²) in [6.45, 7) is 48.2. The second-order valence-corrected chi connectivity index (χ2v) is 31.6. The molecule has 0 radical (unpaired) electrons. The van der Waals surface area contributed by atoms with Crippen LogP contribution in [0.25, 0.3) is 45.3 Å². The summed E-state index contributed by atoms with van der Waals surface area (Å²) in [5, 5.41) is 13.7. The molecule has 0 spiro atoms. The van der Waals surface area contributed by atoms with Gasteiger partial charge in [-0.2, -0.15) is 33.5 Å². The van der Waals surface area contributed by atoms with Gasteiger partial charge in [0.1, 0.15) is 0 Å². The normalized spacial score (nSPS) is 11.7. The van der Waals surface area contributed by atoms with Gasteiger partial charge in [-0.1, -0.05) is 112 Å². The van der Waals surface area contributed by atoms with Crippen molar-refractivity contribution in [3.05, 3.63) is 279 Å². The maximum absolute atomic E-state index is 6.39. The number of benzene rings is 3. The Morgan fingerprint density at radius 1 is 0.348 bits per heavy atom. The fourth-order valence-electron chi connectivity index (χ4n) is 13.0. The number of fused-ring (bicyclic) bond motifs is 3. The van der Waals surface area contributed by atoms with Crippen molar-refractivity contribution < 1.29 is 82.1 Å². The van der Waals surface area contributed by atoms with Crippen molar-refractivity contribution in [2.75, 3.05) is 0 Å². The molecule has 0 aliphatic heterocycles. The predicted molar refractivity (Wildman–Crippen MR) is 426 cm³/mol. The van der Waals surface area contributed by atoms with E-state index in [0.717, 1.165) is 125 Å². The van der Waals surface area contributed by atoms with Crippen LogP contribution in [0.15, 0.2) is 146 Å². The predicted octanol–water partition coefficient (Wildman–Crippen LogP) is 20.3. The molecule has 22 heteroatoms. The van der Waals surface area contributed by atoms with Crippen LogP contribution in [0.1, 0.15) is 172 Å². The van der Waals surface area contributed by atoms with Crippen LogP contribution in [0.3, 0.4) is 0 Å². The first-order chi connectivity index (χ1) is 51.5. The Morgan fingerprint density at radius 3 is 1.16 bits per heavy atom. The zero-order chi connectivity index (χ0) is 77.9. The largest absolute Gasteiger partial charge is 2.00 e. The number of hydrogen-bond donors (Lipinski definition) is 0. The standard InChI is InChI=1S/C32H35N5O.C29H29N5O2.C29H29N5O.3Pt/c1-20-15-21(2)37(35-20)25-11-10-12-26(17-25)38-27-18-28(30-34-22(3)23(4)36(30)19-27)32(8,9)29-16-24(13-14-33-29)31(5,6)7;1-18-13-19(2)34(32-18)23-9-8-10-24(15-23)35-25-16-26(28-31-20(3)21(4)33(28)17-25)36-27-14-22(11-12-30-27)29(5,6)7;1-18-13-19(2)34(32-18)23-9-8-10-24(15-23)35-25-16-26(28-31-20(3)21(4)33(28)17-25)27-14-22(11-12-30-27)29(5,6)7;;;/h10-16,19H,1-9H3;8-14,17H,1-7H3;8-14,17H,1-7H3;;;/q3*-2;3*+2. The first kappa shape index (κ1) is 84.5. The third kappa shape index (κ3) is 18.2. The Bertz CT molecular complexity index is 5930. The number of aryl methyl sites for hydroxylation is 12. The molecule has 0 unspecified atom stereocenters. The minimum absolute atomic E-state index is 0. The maximum Gasteiger partial charge on any atom is 2.00 e. The van der Waals surface area contributed by atoms with Crippen LogP contribution in [0.5, 0.6) is 46.1 Å². The molecule has 0 saturated carbocycles. The summed E-state index contributed by atoms with van der Waals surface area (Å²) in [7, 11) is 0. The molecule has 0 atom stereocenters. The molecule has 15 rings (SSSR count). The van der Waals surface area contributed by atoms with E-state index >= 15 is 0 Å². The van der Waals surface area contributed by atoms with Gasteiger partial charge in [0.25, 0.3) is 0 Å². The SMILES string of the molecule is Cc1cc(C)n(-c2[c-]c(Oc3[c-]c(-c4cc(C(C)(C)C)ccn4)c4nc(C)c(C)n4c3)ccc2)n1.Cc1cc(C)n(-c2[c-]c(Oc3[c-]c(C(C)(C)c4cc(C(C)(C)C)ccn4)c4nc(C)c(C)n4c3)ccc2)n1.Cc1cc(C)n(-c2[c-]c(Oc3[c-]c(Oc4cc(C(C)(C)C)ccn4)c4nc(C)c(C)n4c3)ccc2)n1.[Pt+2].[Pt+2].[Pt+2]. The summed E-state index contributed by atoms with van der Waals surface area (Å²) >= 11 is 0.